The van der Waals surface area contributed by atoms with E-state index in [9.17, 15) is 4.79 Å². The molecule has 2 N–H and O–H groups in total. The number of pyridine rings is 1. The van der Waals surface area contributed by atoms with Gasteiger partial charge in [0.15, 0.2) is 0 Å². The van der Waals surface area contributed by atoms with Crippen molar-refractivity contribution in [2.24, 2.45) is 17.8 Å². The van der Waals surface area contributed by atoms with E-state index in [0.717, 1.165) is 24.4 Å². The molecule has 3 atom stereocenters. The molecule has 0 radical (unpaired) electrons. The van der Waals surface area contributed by atoms with Gasteiger partial charge in [0.05, 0.1) is 17.4 Å². The first kappa shape index (κ1) is 12.8. The van der Waals surface area contributed by atoms with E-state index in [0.29, 0.717) is 11.8 Å². The highest BCUT2D eigenvalue weighted by molar-refractivity contribution is 5.83. The predicted octanol–water partition coefficient (Wildman–Crippen LogP) is 1.15. The largest absolute Gasteiger partial charge is 0.345 e. The Morgan fingerprint density at radius 1 is 1.38 bits per heavy atom. The van der Waals surface area contributed by atoms with Gasteiger partial charge in [-0.1, -0.05) is 6.07 Å². The molecule has 0 unspecified atom stereocenters. The van der Waals surface area contributed by atoms with Crippen molar-refractivity contribution in [3.05, 3.63) is 36.3 Å². The maximum Gasteiger partial charge on any atom is 0.224 e. The molecule has 21 heavy (non-hydrogen) atoms. The number of piperidine rings is 1. The number of nitrogens with zero attached hydrogens (tertiary/aromatic N) is 2. The number of hydrogen-bond acceptors (Lipinski definition) is 3. The van der Waals surface area contributed by atoms with Crippen LogP contribution in [0.4, 0.5) is 0 Å². The molecule has 5 heteroatoms. The van der Waals surface area contributed by atoms with Crippen molar-refractivity contribution in [1.82, 2.24) is 20.0 Å². The number of rotatable bonds is 3. The Bertz CT molecular complexity index is 695. The summed E-state index contributed by atoms with van der Waals surface area (Å²) in [5.41, 5.74) is 1.49. The highest BCUT2D eigenvalue weighted by Crippen LogP contribution is 2.49. The van der Waals surface area contributed by atoms with E-state index in [1.165, 1.54) is 0 Å². The first-order valence-electron chi connectivity index (χ1n) is 7.53. The van der Waals surface area contributed by atoms with Crippen molar-refractivity contribution in [1.29, 1.82) is 0 Å². The highest BCUT2D eigenvalue weighted by atomic mass is 16.2. The molecular formula is C16H20N4O. The van der Waals surface area contributed by atoms with Crippen molar-refractivity contribution in [2.75, 3.05) is 13.1 Å². The van der Waals surface area contributed by atoms with Crippen LogP contribution in [0.2, 0.25) is 0 Å². The second kappa shape index (κ2) is 4.31. The van der Waals surface area contributed by atoms with Gasteiger partial charge in [0.2, 0.25) is 5.91 Å². The van der Waals surface area contributed by atoms with Gasteiger partial charge in [0.1, 0.15) is 5.65 Å². The first-order valence-corrected chi connectivity index (χ1v) is 7.53. The number of amides is 1. The summed E-state index contributed by atoms with van der Waals surface area (Å²) in [5.74, 6) is 1.47. The van der Waals surface area contributed by atoms with Gasteiger partial charge in [-0.3, -0.25) is 4.79 Å². The van der Waals surface area contributed by atoms with Crippen LogP contribution < -0.4 is 10.6 Å². The molecule has 1 aliphatic heterocycles. The number of carbonyl (C=O) groups is 1. The van der Waals surface area contributed by atoms with Crippen LogP contribution in [0.25, 0.3) is 5.65 Å². The van der Waals surface area contributed by atoms with E-state index in [1.54, 1.807) is 0 Å². The second-order valence-electron chi connectivity index (χ2n) is 6.70. The third-order valence-electron chi connectivity index (χ3n) is 4.89. The maximum absolute atomic E-state index is 12.5. The zero-order chi connectivity index (χ0) is 14.6. The SMILES string of the molecule is CC(C)(NC(=O)[C@H]1[C@@H]2CNC[C@@H]21)c1cnc2ccccn12. The minimum absolute atomic E-state index is 0.183. The lowest BCUT2D eigenvalue weighted by molar-refractivity contribution is -0.124. The third-order valence-corrected chi connectivity index (χ3v) is 4.89. The third kappa shape index (κ3) is 1.95. The van der Waals surface area contributed by atoms with E-state index < -0.39 is 5.54 Å². The van der Waals surface area contributed by atoms with Crippen LogP contribution in [0.1, 0.15) is 19.5 Å². The van der Waals surface area contributed by atoms with Gasteiger partial charge in [0.25, 0.3) is 0 Å². The molecule has 2 aromatic heterocycles. The molecule has 2 fully saturated rings. The lowest BCUT2D eigenvalue weighted by atomic mass is 10.0. The van der Waals surface area contributed by atoms with Crippen molar-refractivity contribution in [2.45, 2.75) is 19.4 Å². The average Bonchev–Trinajstić information content (AvgIpc) is 2.82. The molecule has 2 aliphatic rings. The van der Waals surface area contributed by atoms with Gasteiger partial charge in [-0.05, 0) is 50.9 Å². The Hall–Kier alpha value is -1.88. The van der Waals surface area contributed by atoms with Crippen molar-refractivity contribution >= 4 is 11.6 Å². The van der Waals surface area contributed by atoms with Gasteiger partial charge in [-0.15, -0.1) is 0 Å². The molecule has 5 nitrogen and oxygen atoms in total. The monoisotopic (exact) mass is 284 g/mol. The van der Waals surface area contributed by atoms with Crippen molar-refractivity contribution in [3.63, 3.8) is 0 Å². The number of nitrogens with one attached hydrogen (secondary N) is 2. The summed E-state index contributed by atoms with van der Waals surface area (Å²) in [6, 6.07) is 5.92. The van der Waals surface area contributed by atoms with E-state index in [-0.39, 0.29) is 11.8 Å². The molecular weight excluding hydrogens is 264 g/mol. The Morgan fingerprint density at radius 3 is 2.90 bits per heavy atom. The molecule has 1 saturated carbocycles. The van der Waals surface area contributed by atoms with Crippen LogP contribution >= 0.6 is 0 Å². The van der Waals surface area contributed by atoms with Gasteiger partial charge in [0, 0.05) is 12.1 Å². The summed E-state index contributed by atoms with van der Waals surface area (Å²) >= 11 is 0. The zero-order valence-electron chi connectivity index (χ0n) is 12.3. The maximum atomic E-state index is 12.5. The quantitative estimate of drug-likeness (QED) is 0.889. The topological polar surface area (TPSA) is 58.4 Å². The Kier molecular flexibility index (Phi) is 2.63. The van der Waals surface area contributed by atoms with Gasteiger partial charge < -0.3 is 15.0 Å². The molecule has 0 bridgehead atoms. The fraction of sp³-hybridized carbons (Fsp3) is 0.500. The number of hydrogen-bond donors (Lipinski definition) is 2. The van der Waals surface area contributed by atoms with E-state index >= 15 is 0 Å². The van der Waals surface area contributed by atoms with Crippen LogP contribution in [0.15, 0.2) is 30.6 Å². The van der Waals surface area contributed by atoms with Crippen LogP contribution in [-0.4, -0.2) is 28.4 Å². The van der Waals surface area contributed by atoms with Crippen LogP contribution in [0, 0.1) is 17.8 Å². The van der Waals surface area contributed by atoms with Crippen molar-refractivity contribution in [3.8, 4) is 0 Å². The summed E-state index contributed by atoms with van der Waals surface area (Å²) in [5, 5.41) is 6.54. The Labute approximate surface area is 123 Å². The van der Waals surface area contributed by atoms with Crippen molar-refractivity contribution < 1.29 is 4.79 Å². The summed E-state index contributed by atoms with van der Waals surface area (Å²) in [4.78, 5) is 16.9. The molecule has 110 valence electrons. The van der Waals surface area contributed by atoms with E-state index in [2.05, 4.69) is 15.6 Å². The molecule has 3 heterocycles. The van der Waals surface area contributed by atoms with Gasteiger partial charge in [-0.25, -0.2) is 4.98 Å². The second-order valence-corrected chi connectivity index (χ2v) is 6.70. The molecule has 1 aliphatic carbocycles. The number of imidazole rings is 1. The smallest absolute Gasteiger partial charge is 0.224 e. The summed E-state index contributed by atoms with van der Waals surface area (Å²) < 4.78 is 2.04. The zero-order valence-corrected chi connectivity index (χ0v) is 12.3. The molecule has 0 aromatic carbocycles. The predicted molar refractivity (Wildman–Crippen MR) is 79.7 cm³/mol. The molecule has 1 saturated heterocycles. The lowest BCUT2D eigenvalue weighted by Gasteiger charge is -2.26. The average molecular weight is 284 g/mol. The van der Waals surface area contributed by atoms with Gasteiger partial charge >= 0.3 is 0 Å². The molecule has 2 aromatic rings. The summed E-state index contributed by atoms with van der Waals surface area (Å²) in [7, 11) is 0. The first-order chi connectivity index (χ1) is 10.1. The minimum Gasteiger partial charge on any atom is -0.345 e. The molecule has 4 rings (SSSR count). The number of carbonyl (C=O) groups excluding carboxylic acids is 1. The number of aromatic nitrogens is 2. The minimum atomic E-state index is -0.428. The van der Waals surface area contributed by atoms with E-state index in [4.69, 9.17) is 0 Å². The molecule has 0 spiro atoms. The standard InChI is InChI=1S/C16H20N4O/c1-16(2,12-9-18-13-5-3-4-6-20(12)13)19-15(21)14-10-7-17-8-11(10)14/h3-6,9-11,14,17H,7-8H2,1-2H3,(H,19,21)/t10-,11+,14+. The van der Waals surface area contributed by atoms with Crippen LogP contribution in [0.5, 0.6) is 0 Å². The van der Waals surface area contributed by atoms with Gasteiger partial charge in [-0.2, -0.15) is 0 Å². The summed E-state index contributed by atoms with van der Waals surface area (Å²) in [6.45, 7) is 6.05. The fourth-order valence-corrected chi connectivity index (χ4v) is 3.66. The highest BCUT2D eigenvalue weighted by Gasteiger charge is 2.57. The molecule has 1 amide bonds. The Balaban J connectivity index is 1.57. The number of fused-ring (bicyclic) bond motifs is 2. The normalized spacial score (nSPS) is 27.6. The van der Waals surface area contributed by atoms with Crippen LogP contribution in [0.3, 0.4) is 0 Å². The fourth-order valence-electron chi connectivity index (χ4n) is 3.66. The van der Waals surface area contributed by atoms with E-state index in [1.807, 2.05) is 48.8 Å². The Morgan fingerprint density at radius 2 is 2.14 bits per heavy atom. The lowest BCUT2D eigenvalue weighted by Crippen LogP contribution is -2.43. The van der Waals surface area contributed by atoms with Crippen LogP contribution in [-0.2, 0) is 10.3 Å². The summed E-state index contributed by atoms with van der Waals surface area (Å²) in [6.07, 6.45) is 3.84.